The Hall–Kier alpha value is -0.860. The summed E-state index contributed by atoms with van der Waals surface area (Å²) in [7, 11) is -3.03. The van der Waals surface area contributed by atoms with Gasteiger partial charge in [0, 0.05) is 21.8 Å². The Bertz CT molecular complexity index is 748. The number of anilines is 1. The fourth-order valence-corrected chi connectivity index (χ4v) is 7.00. The number of carbonyl (C=O) groups excluding carboxylic acids is 1. The van der Waals surface area contributed by atoms with E-state index in [2.05, 4.69) is 20.9 Å². The Labute approximate surface area is 142 Å². The highest BCUT2D eigenvalue weighted by Gasteiger charge is 2.49. The fourth-order valence-electron chi connectivity index (χ4n) is 2.68. The minimum Gasteiger partial charge on any atom is -0.316 e. The Kier molecular flexibility index (Phi) is 4.35. The van der Waals surface area contributed by atoms with Gasteiger partial charge in [0.25, 0.3) is 0 Å². The summed E-state index contributed by atoms with van der Waals surface area (Å²) in [6.45, 7) is 1.76. The molecule has 0 aromatic heterocycles. The maximum absolute atomic E-state index is 11.9. The zero-order chi connectivity index (χ0) is 15.9. The van der Waals surface area contributed by atoms with Gasteiger partial charge in [-0.3, -0.25) is 4.79 Å². The molecular weight excluding hydrogens is 388 g/mol. The van der Waals surface area contributed by atoms with Gasteiger partial charge in [-0.25, -0.2) is 8.42 Å². The predicted octanol–water partition coefficient (Wildman–Crippen LogP) is 2.46. The third-order valence-corrected chi connectivity index (χ3v) is 7.38. The van der Waals surface area contributed by atoms with Crippen molar-refractivity contribution in [2.75, 3.05) is 16.4 Å². The number of amidine groups is 1. The van der Waals surface area contributed by atoms with Gasteiger partial charge in [0.05, 0.1) is 17.5 Å². The monoisotopic (exact) mass is 402 g/mol. The molecule has 0 unspecified atom stereocenters. The summed E-state index contributed by atoms with van der Waals surface area (Å²) in [6, 6.07) is 7.46. The number of halogens is 1. The van der Waals surface area contributed by atoms with E-state index in [0.29, 0.717) is 11.6 Å². The maximum Gasteiger partial charge on any atom is 0.247 e. The third kappa shape index (κ3) is 3.09. The van der Waals surface area contributed by atoms with Gasteiger partial charge in [-0.15, -0.1) is 0 Å². The molecule has 2 aliphatic rings. The van der Waals surface area contributed by atoms with Crippen LogP contribution in [0.15, 0.2) is 33.7 Å². The van der Waals surface area contributed by atoms with Crippen molar-refractivity contribution < 1.29 is 13.2 Å². The molecule has 2 fully saturated rings. The van der Waals surface area contributed by atoms with Crippen molar-refractivity contribution in [2.45, 2.75) is 24.6 Å². The minimum absolute atomic E-state index is 0.0626. The molecule has 8 heteroatoms. The first-order valence-electron chi connectivity index (χ1n) is 6.93. The first-order chi connectivity index (χ1) is 10.4. The Morgan fingerprint density at radius 2 is 2.23 bits per heavy atom. The number of hydrogen-bond donors (Lipinski definition) is 0. The highest BCUT2D eigenvalue weighted by molar-refractivity contribution is 9.10. The van der Waals surface area contributed by atoms with Crippen molar-refractivity contribution in [3.8, 4) is 0 Å². The van der Waals surface area contributed by atoms with Crippen LogP contribution in [0.1, 0.15) is 13.3 Å². The fraction of sp³-hybridized carbons (Fsp3) is 0.429. The van der Waals surface area contributed by atoms with Crippen LogP contribution in [0.2, 0.25) is 0 Å². The van der Waals surface area contributed by atoms with Crippen LogP contribution in [0.4, 0.5) is 5.69 Å². The molecular formula is C14H15BrN2O3S2. The van der Waals surface area contributed by atoms with Gasteiger partial charge in [0.2, 0.25) is 5.91 Å². The highest BCUT2D eigenvalue weighted by atomic mass is 79.9. The SMILES string of the molecule is CCC(=O)N=C1S[C@H]2CS(=O)(=O)C[C@H]2N1c1cccc(Br)c1. The molecule has 0 N–H and O–H groups in total. The Balaban J connectivity index is 2.03. The lowest BCUT2D eigenvalue weighted by molar-refractivity contribution is -0.117. The number of fused-ring (bicyclic) bond motifs is 1. The normalized spacial score (nSPS) is 28.1. The molecule has 0 aliphatic carbocycles. The molecule has 0 bridgehead atoms. The quantitative estimate of drug-likeness (QED) is 0.759. The molecule has 1 aromatic carbocycles. The molecule has 3 rings (SSSR count). The Morgan fingerprint density at radius 1 is 1.45 bits per heavy atom. The molecule has 0 saturated carbocycles. The minimum atomic E-state index is -3.03. The van der Waals surface area contributed by atoms with Crippen molar-refractivity contribution in [3.63, 3.8) is 0 Å². The van der Waals surface area contributed by atoms with Crippen LogP contribution in [0, 0.1) is 0 Å². The van der Waals surface area contributed by atoms with Crippen molar-refractivity contribution in [2.24, 2.45) is 4.99 Å². The van der Waals surface area contributed by atoms with Crippen LogP contribution in [0.25, 0.3) is 0 Å². The molecule has 0 radical (unpaired) electrons. The van der Waals surface area contributed by atoms with Crippen LogP contribution in [-0.4, -0.2) is 42.3 Å². The number of benzene rings is 1. The van der Waals surface area contributed by atoms with Crippen molar-refractivity contribution >= 4 is 54.3 Å². The zero-order valence-corrected chi connectivity index (χ0v) is 15.1. The van der Waals surface area contributed by atoms with E-state index in [1.54, 1.807) is 6.92 Å². The third-order valence-electron chi connectivity index (χ3n) is 3.68. The molecule has 22 heavy (non-hydrogen) atoms. The molecule has 2 saturated heterocycles. The van der Waals surface area contributed by atoms with E-state index in [0.717, 1.165) is 10.2 Å². The van der Waals surface area contributed by atoms with Crippen LogP contribution < -0.4 is 4.90 Å². The van der Waals surface area contributed by atoms with Crippen LogP contribution in [0.3, 0.4) is 0 Å². The molecule has 1 aromatic rings. The van der Waals surface area contributed by atoms with E-state index in [9.17, 15) is 13.2 Å². The summed E-state index contributed by atoms with van der Waals surface area (Å²) in [4.78, 5) is 17.8. The number of rotatable bonds is 2. The highest BCUT2D eigenvalue weighted by Crippen LogP contribution is 2.41. The standard InChI is InChI=1S/C14H15BrN2O3S2/c1-2-13(18)16-14-17(10-5-3-4-9(15)6-10)11-7-22(19,20)8-12(11)21-14/h3-6,11-12H,2,7-8H2,1H3/t11-,12+/m1/s1. The number of amides is 1. The average Bonchev–Trinajstić information content (AvgIpc) is 2.89. The van der Waals surface area contributed by atoms with E-state index in [4.69, 9.17) is 0 Å². The van der Waals surface area contributed by atoms with Crippen molar-refractivity contribution in [1.82, 2.24) is 0 Å². The van der Waals surface area contributed by atoms with Crippen LogP contribution in [0.5, 0.6) is 0 Å². The van der Waals surface area contributed by atoms with Crippen LogP contribution >= 0.6 is 27.7 Å². The Morgan fingerprint density at radius 3 is 2.91 bits per heavy atom. The zero-order valence-electron chi connectivity index (χ0n) is 11.9. The number of aliphatic imine (C=N–C) groups is 1. The number of carbonyl (C=O) groups is 1. The second kappa shape index (κ2) is 5.98. The molecule has 5 nitrogen and oxygen atoms in total. The maximum atomic E-state index is 11.9. The van der Waals surface area contributed by atoms with E-state index < -0.39 is 9.84 Å². The van der Waals surface area contributed by atoms with E-state index in [-0.39, 0.29) is 28.7 Å². The summed E-state index contributed by atoms with van der Waals surface area (Å²) in [5.74, 6) is 0.0632. The number of sulfone groups is 1. The van der Waals surface area contributed by atoms with Gasteiger partial charge in [-0.1, -0.05) is 40.7 Å². The second-order valence-electron chi connectivity index (χ2n) is 5.29. The molecule has 1 amide bonds. The smallest absolute Gasteiger partial charge is 0.247 e. The topological polar surface area (TPSA) is 66.8 Å². The lowest BCUT2D eigenvalue weighted by Gasteiger charge is -2.24. The lowest BCUT2D eigenvalue weighted by Crippen LogP contribution is -2.37. The number of thioether (sulfide) groups is 1. The van der Waals surface area contributed by atoms with E-state index >= 15 is 0 Å². The molecule has 118 valence electrons. The van der Waals surface area contributed by atoms with Crippen LogP contribution in [-0.2, 0) is 14.6 Å². The second-order valence-corrected chi connectivity index (χ2v) is 9.57. The molecule has 2 aliphatic heterocycles. The van der Waals surface area contributed by atoms with E-state index in [1.165, 1.54) is 11.8 Å². The predicted molar refractivity (Wildman–Crippen MR) is 93.2 cm³/mol. The molecule has 2 atom stereocenters. The lowest BCUT2D eigenvalue weighted by atomic mass is 10.2. The largest absolute Gasteiger partial charge is 0.316 e. The summed E-state index contributed by atoms with van der Waals surface area (Å²) in [6.07, 6.45) is 0.337. The molecule has 2 heterocycles. The van der Waals surface area contributed by atoms with Gasteiger partial charge in [-0.05, 0) is 18.2 Å². The summed E-state index contributed by atoms with van der Waals surface area (Å²) >= 11 is 4.83. The average molecular weight is 403 g/mol. The van der Waals surface area contributed by atoms with Gasteiger partial charge >= 0.3 is 0 Å². The van der Waals surface area contributed by atoms with Gasteiger partial charge in [0.15, 0.2) is 15.0 Å². The van der Waals surface area contributed by atoms with Gasteiger partial charge < -0.3 is 4.90 Å². The summed E-state index contributed by atoms with van der Waals surface area (Å²) in [5.41, 5.74) is 0.856. The number of hydrogen-bond acceptors (Lipinski definition) is 4. The number of nitrogens with zero attached hydrogens (tertiary/aromatic N) is 2. The first-order valence-corrected chi connectivity index (χ1v) is 10.4. The van der Waals surface area contributed by atoms with E-state index in [1.807, 2.05) is 29.2 Å². The molecule has 0 spiro atoms. The van der Waals surface area contributed by atoms with Crippen molar-refractivity contribution in [3.05, 3.63) is 28.7 Å². The summed E-state index contributed by atoms with van der Waals surface area (Å²) in [5, 5.41) is 0.544. The van der Waals surface area contributed by atoms with Gasteiger partial charge in [0.1, 0.15) is 0 Å². The van der Waals surface area contributed by atoms with Crippen molar-refractivity contribution in [1.29, 1.82) is 0 Å². The van der Waals surface area contributed by atoms with Gasteiger partial charge in [-0.2, -0.15) is 4.99 Å². The first kappa shape index (κ1) is 16.0. The summed E-state index contributed by atoms with van der Waals surface area (Å²) < 4.78 is 24.7.